The van der Waals surface area contributed by atoms with Gasteiger partial charge in [-0.3, -0.25) is 4.79 Å². The average molecular weight is 369 g/mol. The summed E-state index contributed by atoms with van der Waals surface area (Å²) in [5.74, 6) is -0.0227. The summed E-state index contributed by atoms with van der Waals surface area (Å²) in [5.41, 5.74) is 6.97. The molecule has 7 heteroatoms. The first-order valence-corrected chi connectivity index (χ1v) is 6.57. The molecular formula is C9H8Br2ClN3O. The van der Waals surface area contributed by atoms with Crippen LogP contribution in [0, 0.1) is 0 Å². The lowest BCUT2D eigenvalue weighted by Gasteiger charge is -2.19. The van der Waals surface area contributed by atoms with Crippen molar-refractivity contribution in [2.24, 2.45) is 0 Å². The lowest BCUT2D eigenvalue weighted by atomic mass is 10.3. The van der Waals surface area contributed by atoms with E-state index in [4.69, 9.17) is 17.3 Å². The number of anilines is 2. The fourth-order valence-corrected chi connectivity index (χ4v) is 2.72. The van der Waals surface area contributed by atoms with Gasteiger partial charge in [-0.25, -0.2) is 4.98 Å². The standard InChI is InChI=1S/C9H8Br2ClN3O/c10-5-2-14-9(11)7(13)8(5)15-3-4(12)1-6(15)16/h2,4H,1,3,13H2. The zero-order valence-corrected chi connectivity index (χ0v) is 12.0. The Labute approximate surface area is 114 Å². The maximum atomic E-state index is 11.7. The van der Waals surface area contributed by atoms with E-state index >= 15 is 0 Å². The van der Waals surface area contributed by atoms with E-state index in [1.54, 1.807) is 11.1 Å². The summed E-state index contributed by atoms with van der Waals surface area (Å²) in [6.45, 7) is 0.472. The fraction of sp³-hybridized carbons (Fsp3) is 0.333. The zero-order valence-electron chi connectivity index (χ0n) is 8.08. The van der Waals surface area contributed by atoms with Crippen LogP contribution in [-0.2, 0) is 4.79 Å². The smallest absolute Gasteiger partial charge is 0.228 e. The first kappa shape index (κ1) is 12.1. The Hall–Kier alpha value is -0.330. The third-order valence-corrected chi connectivity index (χ3v) is 3.85. The van der Waals surface area contributed by atoms with Crippen LogP contribution in [-0.4, -0.2) is 22.8 Å². The zero-order chi connectivity index (χ0) is 11.9. The van der Waals surface area contributed by atoms with Crippen molar-refractivity contribution in [3.8, 4) is 0 Å². The molecule has 0 aromatic carbocycles. The number of aromatic nitrogens is 1. The van der Waals surface area contributed by atoms with E-state index in [0.29, 0.717) is 33.4 Å². The van der Waals surface area contributed by atoms with Gasteiger partial charge >= 0.3 is 0 Å². The molecule has 1 aliphatic rings. The largest absolute Gasteiger partial charge is 0.395 e. The quantitative estimate of drug-likeness (QED) is 0.611. The monoisotopic (exact) mass is 367 g/mol. The van der Waals surface area contributed by atoms with Crippen molar-refractivity contribution >= 4 is 60.7 Å². The summed E-state index contributed by atoms with van der Waals surface area (Å²) < 4.78 is 1.21. The van der Waals surface area contributed by atoms with Gasteiger partial charge in [-0.2, -0.15) is 0 Å². The number of carbonyl (C=O) groups is 1. The number of pyridine rings is 1. The molecule has 2 rings (SSSR count). The molecule has 16 heavy (non-hydrogen) atoms. The van der Waals surface area contributed by atoms with Crippen LogP contribution < -0.4 is 10.6 Å². The van der Waals surface area contributed by atoms with Crippen molar-refractivity contribution in [3.63, 3.8) is 0 Å². The minimum Gasteiger partial charge on any atom is -0.395 e. The van der Waals surface area contributed by atoms with Crippen LogP contribution in [0.15, 0.2) is 15.3 Å². The molecule has 1 atom stereocenters. The minimum atomic E-state index is -0.161. The second-order valence-corrected chi connectivity index (χ2v) is 5.69. The molecule has 1 unspecified atom stereocenters. The Morgan fingerprint density at radius 1 is 1.56 bits per heavy atom. The third kappa shape index (κ3) is 2.06. The summed E-state index contributed by atoms with van der Waals surface area (Å²) >= 11 is 12.5. The number of nitrogen functional groups attached to an aromatic ring is 1. The SMILES string of the molecule is Nc1c(Br)ncc(Br)c1N1CC(Cl)CC1=O. The molecule has 86 valence electrons. The maximum Gasteiger partial charge on any atom is 0.228 e. The van der Waals surface area contributed by atoms with E-state index in [9.17, 15) is 4.79 Å². The van der Waals surface area contributed by atoms with Gasteiger partial charge in [0.15, 0.2) is 0 Å². The number of nitrogens with zero attached hydrogens (tertiary/aromatic N) is 2. The molecule has 0 aliphatic carbocycles. The van der Waals surface area contributed by atoms with Crippen molar-refractivity contribution in [2.45, 2.75) is 11.8 Å². The van der Waals surface area contributed by atoms with Gasteiger partial charge in [-0.1, -0.05) is 0 Å². The van der Waals surface area contributed by atoms with Crippen LogP contribution in [0.1, 0.15) is 6.42 Å². The van der Waals surface area contributed by atoms with Gasteiger partial charge in [0, 0.05) is 19.2 Å². The van der Waals surface area contributed by atoms with E-state index in [1.165, 1.54) is 0 Å². The normalized spacial score (nSPS) is 20.6. The van der Waals surface area contributed by atoms with Crippen LogP contribution in [0.2, 0.25) is 0 Å². The molecule has 0 bridgehead atoms. The number of nitrogens with two attached hydrogens (primary N) is 1. The molecule has 0 saturated carbocycles. The molecule has 0 spiro atoms. The second-order valence-electron chi connectivity index (χ2n) is 3.46. The van der Waals surface area contributed by atoms with Crippen LogP contribution in [0.3, 0.4) is 0 Å². The van der Waals surface area contributed by atoms with Crippen LogP contribution >= 0.6 is 43.5 Å². The lowest BCUT2D eigenvalue weighted by molar-refractivity contribution is -0.117. The third-order valence-electron chi connectivity index (χ3n) is 2.34. The number of carbonyl (C=O) groups excluding carboxylic acids is 1. The summed E-state index contributed by atoms with van der Waals surface area (Å²) in [6.07, 6.45) is 1.94. The molecule has 1 aromatic rings. The molecule has 4 nitrogen and oxygen atoms in total. The maximum absolute atomic E-state index is 11.7. The highest BCUT2D eigenvalue weighted by atomic mass is 79.9. The van der Waals surface area contributed by atoms with Crippen molar-refractivity contribution in [1.82, 2.24) is 4.98 Å². The Kier molecular flexibility index (Phi) is 3.42. The topological polar surface area (TPSA) is 59.2 Å². The molecular weight excluding hydrogens is 361 g/mol. The number of rotatable bonds is 1. The van der Waals surface area contributed by atoms with Gasteiger partial charge in [-0.05, 0) is 31.9 Å². The summed E-state index contributed by atoms with van der Waals surface area (Å²) in [5, 5.41) is -0.161. The van der Waals surface area contributed by atoms with Gasteiger partial charge in [0.25, 0.3) is 0 Å². The van der Waals surface area contributed by atoms with Crippen molar-refractivity contribution in [2.75, 3.05) is 17.2 Å². The summed E-state index contributed by atoms with van der Waals surface area (Å²) in [7, 11) is 0. The van der Waals surface area contributed by atoms with Gasteiger partial charge in [0.2, 0.25) is 5.91 Å². The van der Waals surface area contributed by atoms with Gasteiger partial charge in [0.05, 0.1) is 21.2 Å². The van der Waals surface area contributed by atoms with E-state index in [0.717, 1.165) is 0 Å². The van der Waals surface area contributed by atoms with Crippen LogP contribution in [0.5, 0.6) is 0 Å². The van der Waals surface area contributed by atoms with E-state index in [2.05, 4.69) is 36.8 Å². The lowest BCUT2D eigenvalue weighted by Crippen LogP contribution is -2.26. The molecule has 1 saturated heterocycles. The Morgan fingerprint density at radius 3 is 2.81 bits per heavy atom. The molecule has 2 heterocycles. The van der Waals surface area contributed by atoms with Gasteiger partial charge < -0.3 is 10.6 Å². The van der Waals surface area contributed by atoms with Crippen LogP contribution in [0.4, 0.5) is 11.4 Å². The fourth-order valence-electron chi connectivity index (χ4n) is 1.62. The predicted octanol–water partition coefficient (Wildman–Crippen LogP) is 2.53. The summed E-state index contributed by atoms with van der Waals surface area (Å²) in [4.78, 5) is 17.3. The van der Waals surface area contributed by atoms with Gasteiger partial charge in [0.1, 0.15) is 4.60 Å². The number of hydrogen-bond donors (Lipinski definition) is 1. The Morgan fingerprint density at radius 2 is 2.25 bits per heavy atom. The van der Waals surface area contributed by atoms with Crippen molar-refractivity contribution < 1.29 is 4.79 Å². The Bertz CT molecular complexity index is 455. The molecule has 1 aliphatic heterocycles. The average Bonchev–Trinajstić information content (AvgIpc) is 2.53. The second kappa shape index (κ2) is 4.50. The highest BCUT2D eigenvalue weighted by Gasteiger charge is 2.32. The minimum absolute atomic E-state index is 0.0227. The molecule has 1 aromatic heterocycles. The number of amides is 1. The molecule has 1 amide bonds. The number of alkyl halides is 1. The number of hydrogen-bond acceptors (Lipinski definition) is 3. The van der Waals surface area contributed by atoms with Crippen molar-refractivity contribution in [3.05, 3.63) is 15.3 Å². The van der Waals surface area contributed by atoms with E-state index in [1.807, 2.05) is 0 Å². The molecule has 2 N–H and O–H groups in total. The van der Waals surface area contributed by atoms with Crippen molar-refractivity contribution in [1.29, 1.82) is 0 Å². The predicted molar refractivity (Wildman–Crippen MR) is 70.7 cm³/mol. The number of halogens is 3. The molecule has 0 radical (unpaired) electrons. The summed E-state index contributed by atoms with van der Waals surface area (Å²) in [6, 6.07) is 0. The van der Waals surface area contributed by atoms with Crippen LogP contribution in [0.25, 0.3) is 0 Å². The highest BCUT2D eigenvalue weighted by Crippen LogP contribution is 2.38. The first-order chi connectivity index (χ1) is 7.50. The highest BCUT2D eigenvalue weighted by molar-refractivity contribution is 9.11. The molecule has 1 fully saturated rings. The van der Waals surface area contributed by atoms with E-state index < -0.39 is 0 Å². The van der Waals surface area contributed by atoms with E-state index in [-0.39, 0.29) is 11.3 Å². The van der Waals surface area contributed by atoms with Gasteiger partial charge in [-0.15, -0.1) is 11.6 Å². The Balaban J connectivity index is 2.48. The first-order valence-electron chi connectivity index (χ1n) is 4.54.